The van der Waals surface area contributed by atoms with Gasteiger partial charge >= 0.3 is 0 Å². The summed E-state index contributed by atoms with van der Waals surface area (Å²) in [6.45, 7) is 1.22. The molecule has 1 aromatic carbocycles. The van der Waals surface area contributed by atoms with E-state index in [2.05, 4.69) is 20.9 Å². The predicted octanol–water partition coefficient (Wildman–Crippen LogP) is 2.34. The summed E-state index contributed by atoms with van der Waals surface area (Å²) in [4.78, 5) is 28.6. The number of fused-ring (bicyclic) bond motifs is 1. The van der Waals surface area contributed by atoms with Gasteiger partial charge in [-0.1, -0.05) is 30.3 Å². The Hall–Kier alpha value is -1.88. The van der Waals surface area contributed by atoms with Crippen molar-refractivity contribution < 1.29 is 4.79 Å². The summed E-state index contributed by atoms with van der Waals surface area (Å²) in [6, 6.07) is 11.5. The average molecular weight is 333 g/mol. The number of amides is 1. The highest BCUT2D eigenvalue weighted by Crippen LogP contribution is 2.20. The molecular weight excluding hydrogens is 320 g/mol. The van der Waals surface area contributed by atoms with Crippen LogP contribution in [-0.2, 0) is 13.0 Å². The van der Waals surface area contributed by atoms with Crippen LogP contribution in [0, 0.1) is 0 Å². The molecule has 2 aromatic rings. The summed E-state index contributed by atoms with van der Waals surface area (Å²) in [5, 5.41) is 0. The highest BCUT2D eigenvalue weighted by atomic mass is 79.9. The van der Waals surface area contributed by atoms with Gasteiger partial charge in [0, 0.05) is 25.2 Å². The van der Waals surface area contributed by atoms with Gasteiger partial charge in [-0.15, -0.1) is 0 Å². The number of aromatic amines is 1. The van der Waals surface area contributed by atoms with Crippen LogP contribution in [0.2, 0.25) is 0 Å². The van der Waals surface area contributed by atoms with Crippen LogP contribution in [0.3, 0.4) is 0 Å². The van der Waals surface area contributed by atoms with E-state index in [9.17, 15) is 9.59 Å². The lowest BCUT2D eigenvalue weighted by atomic mass is 10.0. The highest BCUT2D eigenvalue weighted by molar-refractivity contribution is 9.10. The fraction of sp³-hybridized carbons (Fsp3) is 0.200. The lowest BCUT2D eigenvalue weighted by Gasteiger charge is -2.28. The van der Waals surface area contributed by atoms with Crippen molar-refractivity contribution in [1.29, 1.82) is 0 Å². The molecule has 102 valence electrons. The molecular formula is C15H13BrN2O2. The molecule has 0 fully saturated rings. The third-order valence-corrected chi connectivity index (χ3v) is 4.03. The molecule has 2 heterocycles. The summed E-state index contributed by atoms with van der Waals surface area (Å²) in [6.07, 6.45) is 0.677. The zero-order chi connectivity index (χ0) is 14.1. The maximum absolute atomic E-state index is 12.5. The molecule has 0 aliphatic carbocycles. The predicted molar refractivity (Wildman–Crippen MR) is 79.6 cm³/mol. The summed E-state index contributed by atoms with van der Waals surface area (Å²) >= 11 is 3.17. The van der Waals surface area contributed by atoms with Gasteiger partial charge in [0.2, 0.25) is 0 Å². The number of halogens is 1. The van der Waals surface area contributed by atoms with Crippen molar-refractivity contribution in [3.63, 3.8) is 0 Å². The molecule has 0 bridgehead atoms. The van der Waals surface area contributed by atoms with Gasteiger partial charge in [-0.3, -0.25) is 9.59 Å². The molecule has 0 saturated carbocycles. The van der Waals surface area contributed by atoms with Gasteiger partial charge in [0.25, 0.3) is 11.5 Å². The van der Waals surface area contributed by atoms with Gasteiger partial charge in [-0.2, -0.15) is 0 Å². The zero-order valence-corrected chi connectivity index (χ0v) is 12.3. The molecule has 1 amide bonds. The normalized spacial score (nSPS) is 14.2. The number of nitrogens with zero attached hydrogens (tertiary/aromatic N) is 1. The highest BCUT2D eigenvalue weighted by Gasteiger charge is 2.25. The molecule has 20 heavy (non-hydrogen) atoms. The Morgan fingerprint density at radius 3 is 2.70 bits per heavy atom. The molecule has 0 unspecified atom stereocenters. The van der Waals surface area contributed by atoms with Crippen LogP contribution in [0.1, 0.15) is 21.6 Å². The van der Waals surface area contributed by atoms with Crippen LogP contribution < -0.4 is 5.56 Å². The number of benzene rings is 1. The molecule has 4 nitrogen and oxygen atoms in total. The Morgan fingerprint density at radius 2 is 1.95 bits per heavy atom. The quantitative estimate of drug-likeness (QED) is 0.917. The van der Waals surface area contributed by atoms with Crippen LogP contribution in [-0.4, -0.2) is 22.3 Å². The van der Waals surface area contributed by atoms with Crippen molar-refractivity contribution in [3.8, 4) is 0 Å². The van der Waals surface area contributed by atoms with E-state index in [0.29, 0.717) is 29.5 Å². The summed E-state index contributed by atoms with van der Waals surface area (Å²) in [5.41, 5.74) is 2.23. The van der Waals surface area contributed by atoms with Crippen molar-refractivity contribution in [3.05, 3.63) is 68.0 Å². The number of hydrogen-bond acceptors (Lipinski definition) is 2. The van der Waals surface area contributed by atoms with E-state index in [0.717, 1.165) is 11.3 Å². The van der Waals surface area contributed by atoms with E-state index in [-0.39, 0.29) is 11.5 Å². The second-order valence-electron chi connectivity index (χ2n) is 4.80. The lowest BCUT2D eigenvalue weighted by molar-refractivity contribution is 0.0725. The number of nitrogens with one attached hydrogen (secondary N) is 1. The van der Waals surface area contributed by atoms with Crippen LogP contribution in [0.4, 0.5) is 0 Å². The van der Waals surface area contributed by atoms with Crippen molar-refractivity contribution in [2.75, 3.05) is 6.54 Å². The first-order valence-electron chi connectivity index (χ1n) is 6.40. The minimum Gasteiger partial charge on any atom is -0.334 e. The van der Waals surface area contributed by atoms with E-state index < -0.39 is 0 Å². The van der Waals surface area contributed by atoms with Crippen molar-refractivity contribution >= 4 is 21.8 Å². The Labute approximate surface area is 124 Å². The van der Waals surface area contributed by atoms with Gasteiger partial charge in [0.1, 0.15) is 0 Å². The number of hydrogen-bond donors (Lipinski definition) is 1. The summed E-state index contributed by atoms with van der Waals surface area (Å²) in [7, 11) is 0. The van der Waals surface area contributed by atoms with E-state index in [4.69, 9.17) is 0 Å². The number of aromatic nitrogens is 1. The van der Waals surface area contributed by atoms with E-state index >= 15 is 0 Å². The second-order valence-corrected chi connectivity index (χ2v) is 5.66. The monoisotopic (exact) mass is 332 g/mol. The fourth-order valence-corrected chi connectivity index (χ4v) is 2.73. The Morgan fingerprint density at radius 1 is 1.20 bits per heavy atom. The smallest absolute Gasteiger partial charge is 0.262 e. The van der Waals surface area contributed by atoms with Crippen LogP contribution in [0.25, 0.3) is 0 Å². The largest absolute Gasteiger partial charge is 0.334 e. The van der Waals surface area contributed by atoms with E-state index in [1.165, 1.54) is 0 Å². The standard InChI is InChI=1S/C15H13BrN2O2/c16-12-8-11-13(17-14(12)19)6-7-18(15(11)20)9-10-4-2-1-3-5-10/h1-5,8H,6-7,9H2,(H,17,19). The number of rotatable bonds is 2. The van der Waals surface area contributed by atoms with Crippen LogP contribution in [0.5, 0.6) is 0 Å². The Bertz CT molecular complexity index is 710. The van der Waals surface area contributed by atoms with Crippen molar-refractivity contribution in [2.45, 2.75) is 13.0 Å². The first-order chi connectivity index (χ1) is 9.65. The van der Waals surface area contributed by atoms with Crippen LogP contribution >= 0.6 is 15.9 Å². The molecule has 0 saturated heterocycles. The SMILES string of the molecule is O=C1c2cc(Br)c(=O)[nH]c2CCN1Cc1ccccc1. The molecule has 5 heteroatoms. The Kier molecular flexibility index (Phi) is 3.44. The number of H-pyrrole nitrogens is 1. The average Bonchev–Trinajstić information content (AvgIpc) is 2.46. The van der Waals surface area contributed by atoms with Crippen molar-refractivity contribution in [1.82, 2.24) is 9.88 Å². The fourth-order valence-electron chi connectivity index (χ4n) is 2.40. The molecule has 1 N–H and O–H groups in total. The van der Waals surface area contributed by atoms with E-state index in [1.54, 1.807) is 6.07 Å². The van der Waals surface area contributed by atoms with Gasteiger partial charge < -0.3 is 9.88 Å². The van der Waals surface area contributed by atoms with Gasteiger partial charge in [0.05, 0.1) is 10.0 Å². The molecule has 1 aliphatic rings. The summed E-state index contributed by atoms with van der Waals surface area (Å²) < 4.78 is 0.395. The first kappa shape index (κ1) is 13.1. The minimum absolute atomic E-state index is 0.0351. The number of carbonyl (C=O) groups is 1. The topological polar surface area (TPSA) is 53.2 Å². The first-order valence-corrected chi connectivity index (χ1v) is 7.19. The maximum atomic E-state index is 12.5. The summed E-state index contributed by atoms with van der Waals surface area (Å²) in [5.74, 6) is -0.0351. The number of pyridine rings is 1. The molecule has 0 atom stereocenters. The minimum atomic E-state index is -0.187. The molecule has 1 aliphatic heterocycles. The van der Waals surface area contributed by atoms with Gasteiger partial charge in [-0.05, 0) is 27.6 Å². The molecule has 0 spiro atoms. The Balaban J connectivity index is 1.89. The number of carbonyl (C=O) groups excluding carboxylic acids is 1. The molecule has 1 aromatic heterocycles. The molecule has 3 rings (SSSR count). The lowest BCUT2D eigenvalue weighted by Crippen LogP contribution is -2.38. The van der Waals surface area contributed by atoms with Crippen molar-refractivity contribution in [2.24, 2.45) is 0 Å². The zero-order valence-electron chi connectivity index (χ0n) is 10.7. The van der Waals surface area contributed by atoms with E-state index in [1.807, 2.05) is 35.2 Å². The maximum Gasteiger partial charge on any atom is 0.262 e. The third-order valence-electron chi connectivity index (χ3n) is 3.44. The van der Waals surface area contributed by atoms with Crippen LogP contribution in [0.15, 0.2) is 45.7 Å². The third kappa shape index (κ3) is 2.41. The van der Waals surface area contributed by atoms with Gasteiger partial charge in [0.15, 0.2) is 0 Å². The second kappa shape index (κ2) is 5.25. The molecule has 0 radical (unpaired) electrons. The van der Waals surface area contributed by atoms with Gasteiger partial charge in [-0.25, -0.2) is 0 Å².